The number of ether oxygens (including phenoxy) is 1. The van der Waals surface area contributed by atoms with E-state index in [0.717, 1.165) is 35.1 Å². The van der Waals surface area contributed by atoms with Crippen LogP contribution in [-0.4, -0.2) is 6.04 Å². The number of halogens is 1. The van der Waals surface area contributed by atoms with Crippen LogP contribution in [0.3, 0.4) is 0 Å². The molecule has 0 saturated heterocycles. The van der Waals surface area contributed by atoms with Crippen LogP contribution in [0.1, 0.15) is 30.9 Å². The van der Waals surface area contributed by atoms with E-state index in [1.54, 1.807) is 0 Å². The highest BCUT2D eigenvalue weighted by molar-refractivity contribution is 6.31. The Bertz CT molecular complexity index is 622. The Labute approximate surface area is 131 Å². The van der Waals surface area contributed by atoms with Gasteiger partial charge in [0.1, 0.15) is 11.5 Å². The molecule has 110 valence electrons. The highest BCUT2D eigenvalue weighted by atomic mass is 35.5. The van der Waals surface area contributed by atoms with Gasteiger partial charge in [-0.3, -0.25) is 0 Å². The Morgan fingerprint density at radius 3 is 2.67 bits per heavy atom. The van der Waals surface area contributed by atoms with E-state index >= 15 is 0 Å². The monoisotopic (exact) mass is 301 g/mol. The van der Waals surface area contributed by atoms with Crippen molar-refractivity contribution in [2.24, 2.45) is 0 Å². The highest BCUT2D eigenvalue weighted by Gasteiger charge is 2.20. The van der Waals surface area contributed by atoms with Gasteiger partial charge in [0, 0.05) is 17.6 Å². The van der Waals surface area contributed by atoms with Gasteiger partial charge in [-0.1, -0.05) is 42.8 Å². The summed E-state index contributed by atoms with van der Waals surface area (Å²) in [4.78, 5) is 0. The molecule has 0 aliphatic heterocycles. The predicted octanol–water partition coefficient (Wildman–Crippen LogP) is 4.95. The minimum absolute atomic E-state index is 0.688. The van der Waals surface area contributed by atoms with Crippen LogP contribution in [0.25, 0.3) is 0 Å². The lowest BCUT2D eigenvalue weighted by atomic mass is 10.1. The van der Waals surface area contributed by atoms with Gasteiger partial charge in [-0.2, -0.15) is 0 Å². The van der Waals surface area contributed by atoms with E-state index in [4.69, 9.17) is 16.3 Å². The van der Waals surface area contributed by atoms with E-state index in [9.17, 15) is 0 Å². The van der Waals surface area contributed by atoms with Gasteiger partial charge < -0.3 is 10.1 Å². The summed E-state index contributed by atoms with van der Waals surface area (Å²) in [5.41, 5.74) is 2.33. The third-order valence-corrected chi connectivity index (χ3v) is 4.12. The summed E-state index contributed by atoms with van der Waals surface area (Å²) in [6.07, 6.45) is 3.52. The van der Waals surface area contributed by atoms with Crippen LogP contribution in [0, 0.1) is 0 Å². The molecule has 1 fully saturated rings. The maximum absolute atomic E-state index is 6.35. The van der Waals surface area contributed by atoms with Gasteiger partial charge in [0.25, 0.3) is 0 Å². The predicted molar refractivity (Wildman–Crippen MR) is 87.2 cm³/mol. The lowest BCUT2D eigenvalue weighted by molar-refractivity contribution is 0.476. The van der Waals surface area contributed by atoms with Crippen LogP contribution < -0.4 is 10.1 Å². The molecule has 0 heterocycles. The summed E-state index contributed by atoms with van der Waals surface area (Å²) in [6.45, 7) is 2.96. The molecule has 1 aliphatic carbocycles. The lowest BCUT2D eigenvalue weighted by Crippen LogP contribution is -2.15. The fourth-order valence-electron chi connectivity index (χ4n) is 2.30. The largest absolute Gasteiger partial charge is 0.457 e. The quantitative estimate of drug-likeness (QED) is 0.815. The number of nitrogens with one attached hydrogen (secondary N) is 1. The number of para-hydroxylation sites is 1. The van der Waals surface area contributed by atoms with Gasteiger partial charge in [0.15, 0.2) is 0 Å². The van der Waals surface area contributed by atoms with Gasteiger partial charge in [0.05, 0.1) is 0 Å². The number of benzene rings is 2. The molecule has 2 aromatic rings. The second-order valence-corrected chi connectivity index (χ2v) is 5.88. The van der Waals surface area contributed by atoms with Crippen LogP contribution in [0.15, 0.2) is 42.5 Å². The van der Waals surface area contributed by atoms with Crippen molar-refractivity contribution in [3.8, 4) is 11.5 Å². The van der Waals surface area contributed by atoms with E-state index in [-0.39, 0.29) is 0 Å². The van der Waals surface area contributed by atoms with Crippen LogP contribution in [0.4, 0.5) is 0 Å². The Hall–Kier alpha value is -1.51. The summed E-state index contributed by atoms with van der Waals surface area (Å²) in [7, 11) is 0. The topological polar surface area (TPSA) is 21.3 Å². The minimum Gasteiger partial charge on any atom is -0.457 e. The third kappa shape index (κ3) is 3.78. The number of hydrogen-bond donors (Lipinski definition) is 1. The van der Waals surface area contributed by atoms with Crippen molar-refractivity contribution in [1.82, 2.24) is 5.32 Å². The third-order valence-electron chi connectivity index (χ3n) is 3.76. The van der Waals surface area contributed by atoms with E-state index in [1.165, 1.54) is 18.4 Å². The van der Waals surface area contributed by atoms with Gasteiger partial charge in [-0.05, 0) is 48.6 Å². The second kappa shape index (κ2) is 6.50. The Morgan fingerprint density at radius 2 is 1.95 bits per heavy atom. The zero-order valence-electron chi connectivity index (χ0n) is 12.2. The SMILES string of the molecule is CCc1ccccc1Oc1ccc(CNC2CC2)c(Cl)c1. The number of aryl methyl sites for hydroxylation is 1. The van der Waals surface area contributed by atoms with E-state index < -0.39 is 0 Å². The molecule has 0 unspecified atom stereocenters. The Morgan fingerprint density at radius 1 is 1.14 bits per heavy atom. The average Bonchev–Trinajstić information content (AvgIpc) is 3.31. The van der Waals surface area contributed by atoms with Crippen LogP contribution in [0.5, 0.6) is 11.5 Å². The van der Waals surface area contributed by atoms with Gasteiger partial charge in [-0.15, -0.1) is 0 Å². The first-order chi connectivity index (χ1) is 10.3. The van der Waals surface area contributed by atoms with Crippen molar-refractivity contribution in [1.29, 1.82) is 0 Å². The van der Waals surface area contributed by atoms with Gasteiger partial charge in [-0.25, -0.2) is 0 Å². The molecule has 0 aromatic heterocycles. The Kier molecular flexibility index (Phi) is 4.47. The van der Waals surface area contributed by atoms with E-state index in [0.29, 0.717) is 6.04 Å². The van der Waals surface area contributed by atoms with Crippen molar-refractivity contribution in [2.45, 2.75) is 38.8 Å². The normalized spacial score (nSPS) is 14.2. The van der Waals surface area contributed by atoms with Crippen molar-refractivity contribution in [2.75, 3.05) is 0 Å². The molecule has 3 rings (SSSR count). The molecule has 1 N–H and O–H groups in total. The van der Waals surface area contributed by atoms with Crippen molar-refractivity contribution in [3.05, 3.63) is 58.6 Å². The minimum atomic E-state index is 0.688. The molecule has 1 aliphatic rings. The summed E-state index contributed by atoms with van der Waals surface area (Å²) >= 11 is 6.35. The average molecular weight is 302 g/mol. The molecule has 0 radical (unpaired) electrons. The number of hydrogen-bond acceptors (Lipinski definition) is 2. The molecular formula is C18H20ClNO. The van der Waals surface area contributed by atoms with Crippen molar-refractivity contribution >= 4 is 11.6 Å². The summed E-state index contributed by atoms with van der Waals surface area (Å²) in [6, 6.07) is 14.7. The first-order valence-electron chi connectivity index (χ1n) is 7.54. The molecule has 0 amide bonds. The lowest BCUT2D eigenvalue weighted by Gasteiger charge is -2.12. The van der Waals surface area contributed by atoms with Crippen LogP contribution in [0.2, 0.25) is 5.02 Å². The first-order valence-corrected chi connectivity index (χ1v) is 7.91. The zero-order valence-corrected chi connectivity index (χ0v) is 13.0. The smallest absolute Gasteiger partial charge is 0.130 e. The zero-order chi connectivity index (χ0) is 14.7. The molecule has 3 heteroatoms. The maximum Gasteiger partial charge on any atom is 0.130 e. The van der Waals surface area contributed by atoms with E-state index in [1.807, 2.05) is 36.4 Å². The summed E-state index contributed by atoms with van der Waals surface area (Å²) in [5.74, 6) is 1.69. The number of rotatable bonds is 6. The Balaban J connectivity index is 1.71. The molecule has 1 saturated carbocycles. The molecule has 0 bridgehead atoms. The second-order valence-electron chi connectivity index (χ2n) is 5.47. The van der Waals surface area contributed by atoms with Crippen LogP contribution >= 0.6 is 11.6 Å². The molecule has 2 aromatic carbocycles. The van der Waals surface area contributed by atoms with Crippen molar-refractivity contribution < 1.29 is 4.74 Å². The van der Waals surface area contributed by atoms with Crippen LogP contribution in [-0.2, 0) is 13.0 Å². The van der Waals surface area contributed by atoms with E-state index in [2.05, 4.69) is 18.3 Å². The maximum atomic E-state index is 6.35. The highest BCUT2D eigenvalue weighted by Crippen LogP contribution is 2.29. The van der Waals surface area contributed by atoms with Gasteiger partial charge in [0.2, 0.25) is 0 Å². The summed E-state index contributed by atoms with van der Waals surface area (Å²) in [5, 5.41) is 4.23. The molecule has 21 heavy (non-hydrogen) atoms. The standard InChI is InChI=1S/C18H20ClNO/c1-2-13-5-3-4-6-18(13)21-16-10-7-14(17(19)11-16)12-20-15-8-9-15/h3-7,10-11,15,20H,2,8-9,12H2,1H3. The molecule has 0 spiro atoms. The fourth-order valence-corrected chi connectivity index (χ4v) is 2.54. The molecule has 0 atom stereocenters. The summed E-state index contributed by atoms with van der Waals surface area (Å²) < 4.78 is 5.97. The first kappa shape index (κ1) is 14.4. The fraction of sp³-hybridized carbons (Fsp3) is 0.333. The molecule has 2 nitrogen and oxygen atoms in total. The van der Waals surface area contributed by atoms with Gasteiger partial charge >= 0.3 is 0 Å². The van der Waals surface area contributed by atoms with Crippen molar-refractivity contribution in [3.63, 3.8) is 0 Å². The molecular weight excluding hydrogens is 282 g/mol.